The molecule has 0 spiro atoms. The Kier molecular flexibility index (Phi) is 6.64. The molecule has 0 unspecified atom stereocenters. The van der Waals surface area contributed by atoms with Gasteiger partial charge in [0.25, 0.3) is 0 Å². The summed E-state index contributed by atoms with van der Waals surface area (Å²) >= 11 is 5.94. The Morgan fingerprint density at radius 1 is 1.41 bits per heavy atom. The number of ether oxygens (including phenoxy) is 1. The van der Waals surface area contributed by atoms with Gasteiger partial charge in [-0.2, -0.15) is 5.26 Å². The highest BCUT2D eigenvalue weighted by molar-refractivity contribution is 6.30. The van der Waals surface area contributed by atoms with E-state index in [1.54, 1.807) is 7.11 Å². The summed E-state index contributed by atoms with van der Waals surface area (Å²) in [7, 11) is 1.68. The second-order valence-corrected chi connectivity index (χ2v) is 4.24. The van der Waals surface area contributed by atoms with Crippen LogP contribution in [0.4, 0.5) is 0 Å². The first-order chi connectivity index (χ1) is 8.26. The molecule has 17 heavy (non-hydrogen) atoms. The maximum Gasteiger partial charge on any atom is 0.0635 e. The molecular weight excluding hydrogens is 236 g/mol. The second-order valence-electron chi connectivity index (χ2n) is 3.81. The van der Waals surface area contributed by atoms with E-state index >= 15 is 0 Å². The van der Waals surface area contributed by atoms with Gasteiger partial charge in [0.2, 0.25) is 0 Å². The fourth-order valence-electron chi connectivity index (χ4n) is 1.59. The number of rotatable bonds is 7. The van der Waals surface area contributed by atoms with Crippen LogP contribution in [-0.2, 0) is 11.3 Å². The maximum atomic E-state index is 8.62. The number of methoxy groups -OCH3 is 1. The molecule has 0 fully saturated rings. The molecule has 0 amide bonds. The Morgan fingerprint density at radius 3 is 2.88 bits per heavy atom. The molecule has 0 aliphatic rings. The highest BCUT2D eigenvalue weighted by atomic mass is 35.5. The minimum atomic E-state index is 0.532. The first-order valence-corrected chi connectivity index (χ1v) is 5.96. The van der Waals surface area contributed by atoms with Crippen molar-refractivity contribution in [2.24, 2.45) is 0 Å². The summed E-state index contributed by atoms with van der Waals surface area (Å²) < 4.78 is 5.06. The van der Waals surface area contributed by atoms with Crippen molar-refractivity contribution in [3.8, 4) is 6.07 Å². The average molecular weight is 253 g/mol. The van der Waals surface area contributed by atoms with Crippen LogP contribution >= 0.6 is 11.6 Å². The van der Waals surface area contributed by atoms with Crippen molar-refractivity contribution in [1.29, 1.82) is 5.26 Å². The first kappa shape index (κ1) is 14.0. The van der Waals surface area contributed by atoms with Gasteiger partial charge in [-0.25, -0.2) is 0 Å². The number of nitrogens with zero attached hydrogens (tertiary/aromatic N) is 2. The smallest absolute Gasteiger partial charge is 0.0635 e. The zero-order valence-corrected chi connectivity index (χ0v) is 10.8. The van der Waals surface area contributed by atoms with Crippen LogP contribution in [0.25, 0.3) is 0 Å². The fourth-order valence-corrected chi connectivity index (χ4v) is 1.80. The number of benzene rings is 1. The molecule has 0 aliphatic carbocycles. The van der Waals surface area contributed by atoms with E-state index in [0.717, 1.165) is 30.2 Å². The standard InChI is InChI=1S/C13H17ClN2O/c1-17-9-8-16(7-3-6-15)11-12-4-2-5-13(14)10-12/h2,4-5,10H,3,7-9,11H2,1H3. The van der Waals surface area contributed by atoms with Crippen molar-refractivity contribution >= 4 is 11.6 Å². The molecule has 4 heteroatoms. The number of hydrogen-bond acceptors (Lipinski definition) is 3. The van der Waals surface area contributed by atoms with Crippen molar-refractivity contribution in [2.75, 3.05) is 26.8 Å². The number of halogens is 1. The third kappa shape index (κ3) is 5.69. The Labute approximate surface area is 108 Å². The Balaban J connectivity index is 2.55. The van der Waals surface area contributed by atoms with Gasteiger partial charge in [0.15, 0.2) is 0 Å². The molecule has 0 aromatic heterocycles. The third-order valence-electron chi connectivity index (χ3n) is 2.45. The van der Waals surface area contributed by atoms with Crippen molar-refractivity contribution in [3.05, 3.63) is 34.9 Å². The summed E-state index contributed by atoms with van der Waals surface area (Å²) in [6, 6.07) is 9.96. The monoisotopic (exact) mass is 252 g/mol. The molecule has 0 heterocycles. The first-order valence-electron chi connectivity index (χ1n) is 5.59. The summed E-state index contributed by atoms with van der Waals surface area (Å²) in [4.78, 5) is 2.19. The van der Waals surface area contributed by atoms with Gasteiger partial charge in [-0.05, 0) is 17.7 Å². The molecule has 0 atom stereocenters. The van der Waals surface area contributed by atoms with Gasteiger partial charge in [-0.3, -0.25) is 4.90 Å². The Morgan fingerprint density at radius 2 is 2.24 bits per heavy atom. The fraction of sp³-hybridized carbons (Fsp3) is 0.462. The van der Waals surface area contributed by atoms with Gasteiger partial charge < -0.3 is 4.74 Å². The molecule has 1 aromatic carbocycles. The molecule has 92 valence electrons. The minimum Gasteiger partial charge on any atom is -0.383 e. The average Bonchev–Trinajstić information content (AvgIpc) is 2.32. The SMILES string of the molecule is COCCN(CCC#N)Cc1cccc(Cl)c1. The van der Waals surface area contributed by atoms with Crippen LogP contribution < -0.4 is 0 Å². The van der Waals surface area contributed by atoms with Gasteiger partial charge in [0, 0.05) is 38.2 Å². The van der Waals surface area contributed by atoms with Gasteiger partial charge in [-0.1, -0.05) is 23.7 Å². The molecule has 0 bridgehead atoms. The lowest BCUT2D eigenvalue weighted by molar-refractivity contribution is 0.145. The summed E-state index contributed by atoms with van der Waals surface area (Å²) in [5, 5.41) is 9.37. The second kappa shape index (κ2) is 8.08. The molecule has 0 saturated carbocycles. The highest BCUT2D eigenvalue weighted by Gasteiger charge is 2.05. The van der Waals surface area contributed by atoms with E-state index in [2.05, 4.69) is 11.0 Å². The molecule has 3 nitrogen and oxygen atoms in total. The van der Waals surface area contributed by atoms with Crippen LogP contribution in [0.15, 0.2) is 24.3 Å². The van der Waals surface area contributed by atoms with Crippen molar-refractivity contribution < 1.29 is 4.74 Å². The quantitative estimate of drug-likeness (QED) is 0.749. The lowest BCUT2D eigenvalue weighted by atomic mass is 10.2. The normalized spacial score (nSPS) is 10.5. The van der Waals surface area contributed by atoms with E-state index in [1.165, 1.54) is 0 Å². The van der Waals surface area contributed by atoms with E-state index in [4.69, 9.17) is 21.6 Å². The summed E-state index contributed by atoms with van der Waals surface area (Å²) in [6.07, 6.45) is 0.532. The van der Waals surface area contributed by atoms with Gasteiger partial charge in [0.05, 0.1) is 12.7 Å². The van der Waals surface area contributed by atoms with Crippen LogP contribution in [0.1, 0.15) is 12.0 Å². The summed E-state index contributed by atoms with van der Waals surface area (Å²) in [5.41, 5.74) is 1.16. The molecule has 0 saturated heterocycles. The minimum absolute atomic E-state index is 0.532. The maximum absolute atomic E-state index is 8.62. The van der Waals surface area contributed by atoms with Gasteiger partial charge in [-0.15, -0.1) is 0 Å². The zero-order valence-electron chi connectivity index (χ0n) is 10.0. The lowest BCUT2D eigenvalue weighted by Gasteiger charge is -2.20. The largest absolute Gasteiger partial charge is 0.383 e. The summed E-state index contributed by atoms with van der Waals surface area (Å²) in [5.74, 6) is 0. The molecule has 0 radical (unpaired) electrons. The number of hydrogen-bond donors (Lipinski definition) is 0. The third-order valence-corrected chi connectivity index (χ3v) is 2.68. The van der Waals surface area contributed by atoms with Gasteiger partial charge in [0.1, 0.15) is 0 Å². The molecule has 1 rings (SSSR count). The van der Waals surface area contributed by atoms with E-state index in [-0.39, 0.29) is 0 Å². The Bertz CT molecular complexity index is 376. The van der Waals surface area contributed by atoms with Crippen LogP contribution in [0.3, 0.4) is 0 Å². The zero-order chi connectivity index (χ0) is 12.5. The van der Waals surface area contributed by atoms with Crippen molar-refractivity contribution in [2.45, 2.75) is 13.0 Å². The molecule has 1 aromatic rings. The van der Waals surface area contributed by atoms with Crippen LogP contribution in [-0.4, -0.2) is 31.7 Å². The molecule has 0 aliphatic heterocycles. The lowest BCUT2D eigenvalue weighted by Crippen LogP contribution is -2.27. The highest BCUT2D eigenvalue weighted by Crippen LogP contribution is 2.12. The predicted molar refractivity (Wildman–Crippen MR) is 68.8 cm³/mol. The van der Waals surface area contributed by atoms with E-state index in [9.17, 15) is 0 Å². The molecule has 0 N–H and O–H groups in total. The van der Waals surface area contributed by atoms with Crippen LogP contribution in [0.2, 0.25) is 5.02 Å². The van der Waals surface area contributed by atoms with E-state index in [1.807, 2.05) is 24.3 Å². The van der Waals surface area contributed by atoms with Crippen molar-refractivity contribution in [1.82, 2.24) is 4.90 Å². The van der Waals surface area contributed by atoms with E-state index in [0.29, 0.717) is 13.0 Å². The molecular formula is C13H17ClN2O. The summed E-state index contributed by atoms with van der Waals surface area (Å²) in [6.45, 7) is 3.05. The Hall–Kier alpha value is -1.08. The van der Waals surface area contributed by atoms with Crippen LogP contribution in [0.5, 0.6) is 0 Å². The predicted octanol–water partition coefficient (Wildman–Crippen LogP) is 2.70. The number of nitriles is 1. The van der Waals surface area contributed by atoms with E-state index < -0.39 is 0 Å². The van der Waals surface area contributed by atoms with Crippen LogP contribution in [0, 0.1) is 11.3 Å². The van der Waals surface area contributed by atoms with Crippen molar-refractivity contribution in [3.63, 3.8) is 0 Å². The van der Waals surface area contributed by atoms with Gasteiger partial charge >= 0.3 is 0 Å². The topological polar surface area (TPSA) is 36.3 Å².